The van der Waals surface area contributed by atoms with E-state index in [1.54, 1.807) is 24.3 Å². The minimum Gasteiger partial charge on any atom is -0.478 e. The molecule has 2 rings (SSSR count). The Kier molecular flexibility index (Phi) is 6.72. The Morgan fingerprint density at radius 3 is 2.52 bits per heavy atom. The number of hydrogen-bond acceptors (Lipinski definition) is 6. The van der Waals surface area contributed by atoms with Crippen molar-refractivity contribution >= 4 is 51.7 Å². The number of aliphatic carboxylic acids is 1. The standard InChI is InChI=1S/C16H15N3O4S2/c1-10-8-25-16(17-10)19-14(21)9-24-12-4-2-11(3-5-12)18-13(20)6-7-15(22)23/h2-8H,9H2,1H3,(H,18,20)(H,22,23)(H,17,19,21)/b7-6+. The molecule has 9 heteroatoms. The first kappa shape index (κ1) is 18.7. The van der Waals surface area contributed by atoms with Gasteiger partial charge in [-0.2, -0.15) is 0 Å². The third-order valence-corrected chi connectivity index (χ3v) is 4.62. The topological polar surface area (TPSA) is 108 Å². The molecule has 0 aliphatic carbocycles. The summed E-state index contributed by atoms with van der Waals surface area (Å²) >= 11 is 2.73. The molecule has 0 spiro atoms. The van der Waals surface area contributed by atoms with Crippen molar-refractivity contribution in [3.05, 3.63) is 47.5 Å². The highest BCUT2D eigenvalue weighted by atomic mass is 32.2. The summed E-state index contributed by atoms with van der Waals surface area (Å²) in [6, 6.07) is 6.89. The van der Waals surface area contributed by atoms with Crippen molar-refractivity contribution in [2.75, 3.05) is 16.4 Å². The van der Waals surface area contributed by atoms with Gasteiger partial charge in [-0.05, 0) is 31.2 Å². The second kappa shape index (κ2) is 9.00. The van der Waals surface area contributed by atoms with Gasteiger partial charge in [0.05, 0.1) is 11.4 Å². The maximum absolute atomic E-state index is 11.9. The fourth-order valence-corrected chi connectivity index (χ4v) is 3.08. The number of benzene rings is 1. The number of nitrogens with one attached hydrogen (secondary N) is 2. The zero-order valence-corrected chi connectivity index (χ0v) is 14.8. The van der Waals surface area contributed by atoms with Crippen LogP contribution in [0.2, 0.25) is 0 Å². The van der Waals surface area contributed by atoms with Gasteiger partial charge in [0.1, 0.15) is 0 Å². The van der Waals surface area contributed by atoms with E-state index in [-0.39, 0.29) is 11.7 Å². The number of anilines is 2. The van der Waals surface area contributed by atoms with Gasteiger partial charge in [0.15, 0.2) is 5.13 Å². The van der Waals surface area contributed by atoms with Crippen LogP contribution in [0.1, 0.15) is 5.69 Å². The number of thiazole rings is 1. The first-order chi connectivity index (χ1) is 11.9. The van der Waals surface area contributed by atoms with Crippen LogP contribution in [0.4, 0.5) is 10.8 Å². The Bertz CT molecular complexity index is 800. The highest BCUT2D eigenvalue weighted by Crippen LogP contribution is 2.21. The summed E-state index contributed by atoms with van der Waals surface area (Å²) in [5, 5.41) is 16.2. The lowest BCUT2D eigenvalue weighted by molar-refractivity contribution is -0.131. The average Bonchev–Trinajstić information content (AvgIpc) is 2.97. The van der Waals surface area contributed by atoms with E-state index in [1.165, 1.54) is 23.1 Å². The van der Waals surface area contributed by atoms with Crippen LogP contribution < -0.4 is 10.6 Å². The van der Waals surface area contributed by atoms with Gasteiger partial charge in [-0.25, -0.2) is 9.78 Å². The van der Waals surface area contributed by atoms with Crippen LogP contribution >= 0.6 is 23.1 Å². The number of thioether (sulfide) groups is 1. The third-order valence-electron chi connectivity index (χ3n) is 2.73. The molecule has 0 atom stereocenters. The molecule has 2 amide bonds. The van der Waals surface area contributed by atoms with E-state index < -0.39 is 11.9 Å². The molecule has 0 radical (unpaired) electrons. The number of amides is 2. The number of aryl methyl sites for hydroxylation is 1. The second-order valence-electron chi connectivity index (χ2n) is 4.82. The number of carboxylic acids is 1. The summed E-state index contributed by atoms with van der Waals surface area (Å²) < 4.78 is 0. The van der Waals surface area contributed by atoms with Crippen molar-refractivity contribution in [3.8, 4) is 0 Å². The molecule has 0 fully saturated rings. The Morgan fingerprint density at radius 1 is 1.20 bits per heavy atom. The van der Waals surface area contributed by atoms with Crippen molar-refractivity contribution in [1.82, 2.24) is 4.98 Å². The molecule has 0 unspecified atom stereocenters. The largest absolute Gasteiger partial charge is 0.478 e. The molecule has 0 saturated heterocycles. The maximum atomic E-state index is 11.9. The molecule has 2 aromatic rings. The van der Waals surface area contributed by atoms with Gasteiger partial charge < -0.3 is 15.7 Å². The zero-order chi connectivity index (χ0) is 18.2. The molecule has 1 aromatic heterocycles. The van der Waals surface area contributed by atoms with Gasteiger partial charge in [0, 0.05) is 28.1 Å². The molecule has 1 aromatic carbocycles. The Hall–Kier alpha value is -2.65. The number of hydrogen-bond donors (Lipinski definition) is 3. The second-order valence-corrected chi connectivity index (χ2v) is 6.72. The van der Waals surface area contributed by atoms with Crippen LogP contribution in [0.5, 0.6) is 0 Å². The SMILES string of the molecule is Cc1csc(NC(=O)CSc2ccc(NC(=O)/C=C/C(=O)O)cc2)n1. The number of nitrogens with zero attached hydrogens (tertiary/aromatic N) is 1. The van der Waals surface area contributed by atoms with Crippen molar-refractivity contribution in [3.63, 3.8) is 0 Å². The lowest BCUT2D eigenvalue weighted by atomic mass is 10.3. The minimum atomic E-state index is -1.19. The average molecular weight is 377 g/mol. The molecule has 0 bridgehead atoms. The van der Waals surface area contributed by atoms with Crippen LogP contribution in [0.3, 0.4) is 0 Å². The first-order valence-corrected chi connectivity index (χ1v) is 8.96. The van der Waals surface area contributed by atoms with Gasteiger partial charge in [-0.3, -0.25) is 9.59 Å². The molecule has 3 N–H and O–H groups in total. The number of carbonyl (C=O) groups is 3. The monoisotopic (exact) mass is 377 g/mol. The van der Waals surface area contributed by atoms with Crippen LogP contribution in [0, 0.1) is 6.92 Å². The highest BCUT2D eigenvalue weighted by molar-refractivity contribution is 8.00. The molecule has 0 aliphatic rings. The molecule has 1 heterocycles. The predicted molar refractivity (Wildman–Crippen MR) is 98.1 cm³/mol. The minimum absolute atomic E-state index is 0.143. The van der Waals surface area contributed by atoms with Crippen LogP contribution in [0.25, 0.3) is 0 Å². The van der Waals surface area contributed by atoms with Gasteiger partial charge in [0.2, 0.25) is 11.8 Å². The lowest BCUT2D eigenvalue weighted by Gasteiger charge is -2.05. The summed E-state index contributed by atoms with van der Waals surface area (Å²) in [4.78, 5) is 38.7. The number of aromatic nitrogens is 1. The molecular weight excluding hydrogens is 362 g/mol. The predicted octanol–water partition coefficient (Wildman–Crippen LogP) is 2.76. The van der Waals surface area contributed by atoms with Gasteiger partial charge in [-0.15, -0.1) is 23.1 Å². The highest BCUT2D eigenvalue weighted by Gasteiger charge is 2.06. The van der Waals surface area contributed by atoms with Gasteiger partial charge in [0.25, 0.3) is 0 Å². The summed E-state index contributed by atoms with van der Waals surface area (Å²) in [5.41, 5.74) is 1.40. The summed E-state index contributed by atoms with van der Waals surface area (Å²) in [6.07, 6.45) is 1.71. The molecule has 25 heavy (non-hydrogen) atoms. The van der Waals surface area contributed by atoms with E-state index in [0.717, 1.165) is 22.7 Å². The quantitative estimate of drug-likeness (QED) is 0.506. The Labute approximate surface area is 152 Å². The number of carboxylic acid groups (broad SMARTS) is 1. The smallest absolute Gasteiger partial charge is 0.328 e. The molecule has 0 saturated carbocycles. The van der Waals surface area contributed by atoms with E-state index in [9.17, 15) is 14.4 Å². The summed E-state index contributed by atoms with van der Waals surface area (Å²) in [7, 11) is 0. The number of rotatable bonds is 7. The summed E-state index contributed by atoms with van der Waals surface area (Å²) in [5.74, 6) is -1.62. The van der Waals surface area contributed by atoms with E-state index in [4.69, 9.17) is 5.11 Å². The maximum Gasteiger partial charge on any atom is 0.328 e. The van der Waals surface area contributed by atoms with E-state index in [0.29, 0.717) is 10.8 Å². The van der Waals surface area contributed by atoms with Gasteiger partial charge >= 0.3 is 5.97 Å². The Morgan fingerprint density at radius 2 is 1.92 bits per heavy atom. The van der Waals surface area contributed by atoms with E-state index in [2.05, 4.69) is 15.6 Å². The first-order valence-electron chi connectivity index (χ1n) is 7.09. The van der Waals surface area contributed by atoms with E-state index >= 15 is 0 Å². The Balaban J connectivity index is 1.80. The fourth-order valence-electron chi connectivity index (χ4n) is 1.68. The normalized spacial score (nSPS) is 10.6. The third kappa shape index (κ3) is 6.77. The van der Waals surface area contributed by atoms with Crippen LogP contribution in [-0.4, -0.2) is 33.6 Å². The molecular formula is C16H15N3O4S2. The summed E-state index contributed by atoms with van der Waals surface area (Å²) in [6.45, 7) is 1.86. The zero-order valence-electron chi connectivity index (χ0n) is 13.2. The fraction of sp³-hybridized carbons (Fsp3) is 0.125. The van der Waals surface area contributed by atoms with Crippen LogP contribution in [0.15, 0.2) is 46.7 Å². The van der Waals surface area contributed by atoms with Crippen molar-refractivity contribution in [1.29, 1.82) is 0 Å². The van der Waals surface area contributed by atoms with Gasteiger partial charge in [-0.1, -0.05) is 0 Å². The molecule has 7 nitrogen and oxygen atoms in total. The lowest BCUT2D eigenvalue weighted by Crippen LogP contribution is -2.13. The van der Waals surface area contributed by atoms with E-state index in [1.807, 2.05) is 12.3 Å². The van der Waals surface area contributed by atoms with Crippen LogP contribution in [-0.2, 0) is 14.4 Å². The molecule has 0 aliphatic heterocycles. The van der Waals surface area contributed by atoms with Crippen molar-refractivity contribution in [2.24, 2.45) is 0 Å². The molecule has 130 valence electrons. The van der Waals surface area contributed by atoms with Crippen molar-refractivity contribution in [2.45, 2.75) is 11.8 Å². The number of carbonyl (C=O) groups excluding carboxylic acids is 2. The van der Waals surface area contributed by atoms with Crippen molar-refractivity contribution < 1.29 is 19.5 Å².